The number of likely N-dealkylation sites (tertiary alicyclic amines) is 1. The Bertz CT molecular complexity index is 370. The summed E-state index contributed by atoms with van der Waals surface area (Å²) in [7, 11) is 0. The third kappa shape index (κ3) is 3.95. The molecule has 1 atom stereocenters. The van der Waals surface area contributed by atoms with E-state index in [1.807, 2.05) is 13.0 Å². The monoisotopic (exact) mass is 258 g/mol. The average molecular weight is 259 g/mol. The van der Waals surface area contributed by atoms with Crippen molar-refractivity contribution in [1.82, 2.24) is 4.90 Å². The van der Waals surface area contributed by atoms with Crippen molar-refractivity contribution in [2.45, 2.75) is 32.4 Å². The van der Waals surface area contributed by atoms with Crippen molar-refractivity contribution in [3.8, 4) is 0 Å². The molecule has 1 saturated heterocycles. The normalized spacial score (nSPS) is 21.0. The second kappa shape index (κ2) is 6.34. The maximum absolute atomic E-state index is 13.1. The number of aryl methyl sites for hydroxylation is 1. The molecule has 0 aliphatic carbocycles. The van der Waals surface area contributed by atoms with Crippen LogP contribution in [0.2, 0.25) is 0 Å². The summed E-state index contributed by atoms with van der Waals surface area (Å²) in [6, 6.07) is 5.27. The average Bonchev–Trinajstić information content (AvgIpc) is 2.24. The number of piperidine rings is 1. The van der Waals surface area contributed by atoms with Crippen LogP contribution in [-0.2, 0) is 6.54 Å². The van der Waals surface area contributed by atoms with Gasteiger partial charge in [0.05, 0.1) is 0 Å². The number of hydrogen-bond donors (Lipinski definition) is 1. The Hall–Kier alpha value is -0.640. The molecule has 96 valence electrons. The molecule has 1 aliphatic heterocycles. The van der Waals surface area contributed by atoms with E-state index < -0.39 is 0 Å². The van der Waals surface area contributed by atoms with Gasteiger partial charge in [0.25, 0.3) is 0 Å². The van der Waals surface area contributed by atoms with E-state index in [9.17, 15) is 4.39 Å². The highest BCUT2D eigenvalue weighted by atomic mass is 35.5. The van der Waals surface area contributed by atoms with Gasteiger partial charge in [0.2, 0.25) is 0 Å². The summed E-state index contributed by atoms with van der Waals surface area (Å²) in [4.78, 5) is 2.32. The molecule has 1 aromatic carbocycles. The van der Waals surface area contributed by atoms with E-state index in [0.29, 0.717) is 0 Å². The predicted molar refractivity (Wildman–Crippen MR) is 70.9 cm³/mol. The van der Waals surface area contributed by atoms with E-state index in [2.05, 4.69) is 4.90 Å². The van der Waals surface area contributed by atoms with Crippen molar-refractivity contribution in [3.63, 3.8) is 0 Å². The Morgan fingerprint density at radius 3 is 2.94 bits per heavy atom. The van der Waals surface area contributed by atoms with Crippen LogP contribution in [0.1, 0.15) is 24.0 Å². The minimum Gasteiger partial charge on any atom is -0.327 e. The highest BCUT2D eigenvalue weighted by molar-refractivity contribution is 5.85. The van der Waals surface area contributed by atoms with E-state index in [-0.39, 0.29) is 24.3 Å². The van der Waals surface area contributed by atoms with Crippen LogP contribution in [0.25, 0.3) is 0 Å². The molecule has 1 unspecified atom stereocenters. The molecular weight excluding hydrogens is 239 g/mol. The molecule has 0 saturated carbocycles. The van der Waals surface area contributed by atoms with Crippen molar-refractivity contribution in [3.05, 3.63) is 35.1 Å². The molecule has 0 bridgehead atoms. The van der Waals surface area contributed by atoms with E-state index in [1.54, 1.807) is 6.07 Å². The van der Waals surface area contributed by atoms with Crippen LogP contribution in [-0.4, -0.2) is 24.0 Å². The lowest BCUT2D eigenvalue weighted by atomic mass is 10.0. The summed E-state index contributed by atoms with van der Waals surface area (Å²) < 4.78 is 13.1. The zero-order chi connectivity index (χ0) is 11.5. The van der Waals surface area contributed by atoms with Crippen molar-refractivity contribution in [2.75, 3.05) is 13.1 Å². The second-order valence-electron chi connectivity index (χ2n) is 4.71. The van der Waals surface area contributed by atoms with Crippen LogP contribution in [0, 0.1) is 12.7 Å². The molecule has 1 heterocycles. The molecule has 0 spiro atoms. The van der Waals surface area contributed by atoms with E-state index in [4.69, 9.17) is 5.73 Å². The fourth-order valence-corrected chi connectivity index (χ4v) is 2.29. The van der Waals surface area contributed by atoms with Crippen molar-refractivity contribution in [1.29, 1.82) is 0 Å². The Morgan fingerprint density at radius 2 is 2.24 bits per heavy atom. The number of nitrogens with zero attached hydrogens (tertiary/aromatic N) is 1. The molecule has 2 rings (SSSR count). The van der Waals surface area contributed by atoms with Gasteiger partial charge < -0.3 is 5.73 Å². The Morgan fingerprint density at radius 1 is 1.47 bits per heavy atom. The lowest BCUT2D eigenvalue weighted by Gasteiger charge is -2.31. The molecule has 1 fully saturated rings. The van der Waals surface area contributed by atoms with Crippen molar-refractivity contribution in [2.24, 2.45) is 5.73 Å². The minimum absolute atomic E-state index is 0. The maximum atomic E-state index is 13.1. The summed E-state index contributed by atoms with van der Waals surface area (Å²) >= 11 is 0. The fourth-order valence-electron chi connectivity index (χ4n) is 2.29. The van der Waals surface area contributed by atoms with Crippen LogP contribution >= 0.6 is 12.4 Å². The molecule has 4 heteroatoms. The van der Waals surface area contributed by atoms with Gasteiger partial charge in [0, 0.05) is 19.1 Å². The number of nitrogens with two attached hydrogens (primary N) is 1. The highest BCUT2D eigenvalue weighted by Crippen LogP contribution is 2.16. The lowest BCUT2D eigenvalue weighted by Crippen LogP contribution is -2.42. The molecule has 0 aromatic heterocycles. The zero-order valence-corrected chi connectivity index (χ0v) is 11.0. The molecule has 17 heavy (non-hydrogen) atoms. The first-order valence-electron chi connectivity index (χ1n) is 5.88. The number of hydrogen-bond acceptors (Lipinski definition) is 2. The largest absolute Gasteiger partial charge is 0.327 e. The van der Waals surface area contributed by atoms with Crippen LogP contribution < -0.4 is 5.73 Å². The minimum atomic E-state index is -0.151. The summed E-state index contributed by atoms with van der Waals surface area (Å²) in [5.74, 6) is -0.151. The first kappa shape index (κ1) is 14.4. The van der Waals surface area contributed by atoms with Gasteiger partial charge in [0.1, 0.15) is 5.82 Å². The summed E-state index contributed by atoms with van der Waals surface area (Å²) in [6.07, 6.45) is 2.26. The molecule has 2 nitrogen and oxygen atoms in total. The van der Waals surface area contributed by atoms with Crippen LogP contribution in [0.5, 0.6) is 0 Å². The van der Waals surface area contributed by atoms with Gasteiger partial charge >= 0.3 is 0 Å². The number of benzene rings is 1. The molecule has 0 amide bonds. The van der Waals surface area contributed by atoms with Gasteiger partial charge in [0.15, 0.2) is 0 Å². The zero-order valence-electron chi connectivity index (χ0n) is 10.2. The third-order valence-corrected chi connectivity index (χ3v) is 3.25. The SMILES string of the molecule is Cc1ccc(F)cc1CN1CCCC(N)C1.Cl. The molecular formula is C13H20ClFN2. The Kier molecular flexibility index (Phi) is 5.37. The smallest absolute Gasteiger partial charge is 0.123 e. The van der Waals surface area contributed by atoms with Crippen molar-refractivity contribution < 1.29 is 4.39 Å². The summed E-state index contributed by atoms with van der Waals surface area (Å²) in [5, 5.41) is 0. The van der Waals surface area contributed by atoms with Gasteiger partial charge in [-0.1, -0.05) is 6.07 Å². The Labute approximate surface area is 108 Å². The van der Waals surface area contributed by atoms with Crippen molar-refractivity contribution >= 4 is 12.4 Å². The second-order valence-corrected chi connectivity index (χ2v) is 4.71. The van der Waals surface area contributed by atoms with Gasteiger partial charge in [-0.05, 0) is 49.6 Å². The quantitative estimate of drug-likeness (QED) is 0.883. The standard InChI is InChI=1S/C13H19FN2.ClH/c1-10-4-5-12(14)7-11(10)8-16-6-2-3-13(15)9-16;/h4-5,7,13H,2-3,6,8-9,15H2,1H3;1H. The summed E-state index contributed by atoms with van der Waals surface area (Å²) in [6.45, 7) is 4.84. The topological polar surface area (TPSA) is 29.3 Å². The molecule has 1 aromatic rings. The first-order chi connectivity index (χ1) is 7.65. The highest BCUT2D eigenvalue weighted by Gasteiger charge is 2.17. The van der Waals surface area contributed by atoms with Crippen LogP contribution in [0.4, 0.5) is 4.39 Å². The number of halogens is 2. The Balaban J connectivity index is 0.00000144. The van der Waals surface area contributed by atoms with Gasteiger partial charge in [-0.3, -0.25) is 4.90 Å². The predicted octanol–water partition coefficient (Wildman–Crippen LogP) is 2.48. The first-order valence-corrected chi connectivity index (χ1v) is 5.88. The van der Waals surface area contributed by atoms with E-state index >= 15 is 0 Å². The molecule has 2 N–H and O–H groups in total. The third-order valence-electron chi connectivity index (χ3n) is 3.25. The molecule has 0 radical (unpaired) electrons. The maximum Gasteiger partial charge on any atom is 0.123 e. The lowest BCUT2D eigenvalue weighted by molar-refractivity contribution is 0.201. The molecule has 1 aliphatic rings. The van der Waals surface area contributed by atoms with E-state index in [0.717, 1.165) is 43.6 Å². The number of rotatable bonds is 2. The van der Waals surface area contributed by atoms with Gasteiger partial charge in [-0.15, -0.1) is 12.4 Å². The van der Waals surface area contributed by atoms with Gasteiger partial charge in [-0.2, -0.15) is 0 Å². The fraction of sp³-hybridized carbons (Fsp3) is 0.538. The van der Waals surface area contributed by atoms with Crippen LogP contribution in [0.3, 0.4) is 0 Å². The summed E-state index contributed by atoms with van der Waals surface area (Å²) in [5.41, 5.74) is 8.16. The van der Waals surface area contributed by atoms with Crippen LogP contribution in [0.15, 0.2) is 18.2 Å². The van der Waals surface area contributed by atoms with Gasteiger partial charge in [-0.25, -0.2) is 4.39 Å². The van der Waals surface area contributed by atoms with E-state index in [1.165, 1.54) is 6.07 Å².